The molecule has 17 heavy (non-hydrogen) atoms. The molecule has 0 N–H and O–H groups in total. The van der Waals surface area contributed by atoms with Crippen LogP contribution in [0.4, 0.5) is 0 Å². The monoisotopic (exact) mass is 250 g/mol. The maximum atomic E-state index is 12.5. The number of carbonyl (C=O) groups is 1. The van der Waals surface area contributed by atoms with E-state index in [9.17, 15) is 9.00 Å². The largest absolute Gasteiger partial charge is 0.464 e. The van der Waals surface area contributed by atoms with E-state index in [-0.39, 0.29) is 11.4 Å². The van der Waals surface area contributed by atoms with E-state index >= 15 is 0 Å². The summed E-state index contributed by atoms with van der Waals surface area (Å²) in [6, 6.07) is 7.52. The highest BCUT2D eigenvalue weighted by atomic mass is 32.2. The van der Waals surface area contributed by atoms with Gasteiger partial charge in [0.15, 0.2) is 4.75 Å². The molecular formula is C13H14O3S. The summed E-state index contributed by atoms with van der Waals surface area (Å²) in [4.78, 5) is 12.5. The molecule has 4 heteroatoms. The molecule has 1 aromatic rings. The average molecular weight is 250 g/mol. The van der Waals surface area contributed by atoms with Crippen LogP contribution in [0.25, 0.3) is 0 Å². The minimum atomic E-state index is -1.30. The molecule has 1 aliphatic carbocycles. The van der Waals surface area contributed by atoms with Gasteiger partial charge in [0.05, 0.1) is 17.4 Å². The smallest absolute Gasteiger partial charge is 0.326 e. The summed E-state index contributed by atoms with van der Waals surface area (Å²) < 4.78 is 16.8. The van der Waals surface area contributed by atoms with Crippen LogP contribution >= 0.6 is 0 Å². The summed E-state index contributed by atoms with van der Waals surface area (Å²) in [5.74, 6) is -0.293. The van der Waals surface area contributed by atoms with Crippen LogP contribution in [0, 0.1) is 12.3 Å². The van der Waals surface area contributed by atoms with Crippen LogP contribution in [0.3, 0.4) is 0 Å². The Morgan fingerprint density at radius 3 is 2.41 bits per heavy atom. The van der Waals surface area contributed by atoms with Gasteiger partial charge >= 0.3 is 5.97 Å². The Hall–Kier alpha value is -1.16. The normalized spacial score (nSPS) is 36.2. The Labute approximate surface area is 103 Å². The molecule has 0 aromatic heterocycles. The van der Waals surface area contributed by atoms with E-state index in [1.807, 2.05) is 38.1 Å². The second-order valence-electron chi connectivity index (χ2n) is 5.22. The van der Waals surface area contributed by atoms with Gasteiger partial charge in [-0.25, -0.2) is 0 Å². The zero-order chi connectivity index (χ0) is 12.3. The van der Waals surface area contributed by atoms with Gasteiger partial charge in [-0.1, -0.05) is 24.6 Å². The number of cyclic esters (lactones) is 1. The lowest BCUT2D eigenvalue weighted by atomic mass is 10.1. The molecule has 1 aliphatic heterocycles. The van der Waals surface area contributed by atoms with Crippen molar-refractivity contribution >= 4 is 16.8 Å². The van der Waals surface area contributed by atoms with Crippen molar-refractivity contribution in [1.29, 1.82) is 0 Å². The summed E-state index contributed by atoms with van der Waals surface area (Å²) in [5, 5.41) is 0. The molecule has 1 aromatic carbocycles. The number of hydrogen-bond donors (Lipinski definition) is 0. The van der Waals surface area contributed by atoms with Gasteiger partial charge in [-0.2, -0.15) is 0 Å². The van der Waals surface area contributed by atoms with Crippen LogP contribution in [0.15, 0.2) is 29.2 Å². The lowest BCUT2D eigenvalue weighted by Gasteiger charge is -2.10. The molecule has 0 radical (unpaired) electrons. The van der Waals surface area contributed by atoms with Gasteiger partial charge in [-0.15, -0.1) is 0 Å². The molecule has 0 unspecified atom stereocenters. The Morgan fingerprint density at radius 2 is 1.94 bits per heavy atom. The third-order valence-corrected chi connectivity index (χ3v) is 6.03. The van der Waals surface area contributed by atoms with E-state index in [2.05, 4.69) is 0 Å². The van der Waals surface area contributed by atoms with Crippen molar-refractivity contribution in [2.24, 2.45) is 5.41 Å². The second kappa shape index (κ2) is 3.19. The summed E-state index contributed by atoms with van der Waals surface area (Å²) in [6.45, 7) is 4.36. The van der Waals surface area contributed by atoms with Crippen molar-refractivity contribution in [3.63, 3.8) is 0 Å². The summed E-state index contributed by atoms with van der Waals surface area (Å²) in [6.07, 6.45) is 0.680. The maximum absolute atomic E-state index is 12.5. The fraction of sp³-hybridized carbons (Fsp3) is 0.462. The lowest BCUT2D eigenvalue weighted by Crippen LogP contribution is -2.29. The summed E-state index contributed by atoms with van der Waals surface area (Å²) >= 11 is 0. The van der Waals surface area contributed by atoms with Gasteiger partial charge < -0.3 is 4.74 Å². The predicted molar refractivity (Wildman–Crippen MR) is 64.0 cm³/mol. The SMILES string of the molecule is Cc1ccc([S@](=O)[C@]23C[C@@]2(C)COC3=O)cc1. The first-order chi connectivity index (χ1) is 7.99. The first-order valence-corrected chi connectivity index (χ1v) is 6.80. The molecule has 1 heterocycles. The van der Waals surface area contributed by atoms with Crippen LogP contribution in [0.2, 0.25) is 0 Å². The van der Waals surface area contributed by atoms with Gasteiger partial charge in [-0.05, 0) is 25.5 Å². The summed E-state index contributed by atoms with van der Waals surface area (Å²) in [7, 11) is -1.30. The van der Waals surface area contributed by atoms with Crippen molar-refractivity contribution in [2.75, 3.05) is 6.61 Å². The fourth-order valence-corrected chi connectivity index (χ4v) is 4.51. The topological polar surface area (TPSA) is 43.4 Å². The molecule has 0 amide bonds. The third kappa shape index (κ3) is 1.27. The maximum Gasteiger partial charge on any atom is 0.326 e. The minimum absolute atomic E-state index is 0.222. The van der Waals surface area contributed by atoms with Gasteiger partial charge in [0.2, 0.25) is 0 Å². The molecule has 90 valence electrons. The predicted octanol–water partition coefficient (Wildman–Crippen LogP) is 1.81. The van der Waals surface area contributed by atoms with Crippen molar-refractivity contribution in [2.45, 2.75) is 29.9 Å². The van der Waals surface area contributed by atoms with Gasteiger partial charge in [-0.3, -0.25) is 9.00 Å². The average Bonchev–Trinajstić information content (AvgIpc) is 2.87. The number of carbonyl (C=O) groups excluding carboxylic acids is 1. The van der Waals surface area contributed by atoms with Gasteiger partial charge in [0.1, 0.15) is 0 Å². The van der Waals surface area contributed by atoms with Crippen LogP contribution in [-0.2, 0) is 20.3 Å². The molecule has 1 saturated heterocycles. The number of fused-ring (bicyclic) bond motifs is 1. The van der Waals surface area contributed by atoms with Gasteiger partial charge in [0.25, 0.3) is 0 Å². The zero-order valence-electron chi connectivity index (χ0n) is 9.86. The van der Waals surface area contributed by atoms with E-state index in [1.54, 1.807) is 0 Å². The minimum Gasteiger partial charge on any atom is -0.464 e. The number of aryl methyl sites for hydroxylation is 1. The zero-order valence-corrected chi connectivity index (χ0v) is 10.7. The van der Waals surface area contributed by atoms with E-state index < -0.39 is 15.5 Å². The molecule has 3 nitrogen and oxygen atoms in total. The molecule has 0 spiro atoms. The fourth-order valence-electron chi connectivity index (χ4n) is 2.56. The van der Waals surface area contributed by atoms with Crippen molar-refractivity contribution in [3.05, 3.63) is 29.8 Å². The van der Waals surface area contributed by atoms with Crippen LogP contribution < -0.4 is 0 Å². The van der Waals surface area contributed by atoms with Crippen molar-refractivity contribution in [3.8, 4) is 0 Å². The Kier molecular flexibility index (Phi) is 2.06. The molecule has 3 rings (SSSR count). The number of ether oxygens (including phenoxy) is 1. The lowest BCUT2D eigenvalue weighted by molar-refractivity contribution is -0.140. The Balaban J connectivity index is 1.99. The van der Waals surface area contributed by atoms with Crippen molar-refractivity contribution in [1.82, 2.24) is 0 Å². The summed E-state index contributed by atoms with van der Waals surface area (Å²) in [5.41, 5.74) is 0.899. The highest BCUT2D eigenvalue weighted by molar-refractivity contribution is 7.87. The Morgan fingerprint density at radius 1 is 1.29 bits per heavy atom. The standard InChI is InChI=1S/C13H14O3S/c1-9-3-5-10(6-4-9)17(15)13-7-12(13,2)8-16-11(13)14/h3-6H,7-8H2,1-2H3/t12-,13-,17-/m0/s1. The van der Waals surface area contributed by atoms with Crippen molar-refractivity contribution < 1.29 is 13.7 Å². The third-order valence-electron chi connectivity index (χ3n) is 3.89. The number of esters is 1. The molecule has 0 bridgehead atoms. The first kappa shape index (κ1) is 11.0. The van der Waals surface area contributed by atoms with Crippen LogP contribution in [-0.4, -0.2) is 21.5 Å². The van der Waals surface area contributed by atoms with E-state index in [0.29, 0.717) is 13.0 Å². The van der Waals surface area contributed by atoms with E-state index in [0.717, 1.165) is 10.5 Å². The van der Waals surface area contributed by atoms with Crippen LogP contribution in [0.5, 0.6) is 0 Å². The second-order valence-corrected chi connectivity index (χ2v) is 6.93. The van der Waals surface area contributed by atoms with E-state index in [4.69, 9.17) is 4.74 Å². The highest BCUT2D eigenvalue weighted by Crippen LogP contribution is 2.65. The number of benzene rings is 1. The number of hydrogen-bond acceptors (Lipinski definition) is 3. The quantitative estimate of drug-likeness (QED) is 0.752. The molecule has 3 atom stereocenters. The molecule has 1 saturated carbocycles. The van der Waals surface area contributed by atoms with Crippen LogP contribution in [0.1, 0.15) is 18.9 Å². The van der Waals surface area contributed by atoms with Gasteiger partial charge in [0, 0.05) is 10.3 Å². The highest BCUT2D eigenvalue weighted by Gasteiger charge is 2.78. The molecule has 2 aliphatic rings. The first-order valence-electron chi connectivity index (χ1n) is 5.65. The molecular weight excluding hydrogens is 236 g/mol. The number of rotatable bonds is 2. The molecule has 2 fully saturated rings. The Bertz CT molecular complexity index is 522. The van der Waals surface area contributed by atoms with E-state index in [1.165, 1.54) is 0 Å².